The largest absolute Gasteiger partial charge is 0.341 e. The Morgan fingerprint density at radius 1 is 0.968 bits per heavy atom. The van der Waals surface area contributed by atoms with E-state index in [9.17, 15) is 14.4 Å². The van der Waals surface area contributed by atoms with Crippen LogP contribution in [0.15, 0.2) is 30.3 Å². The number of likely N-dealkylation sites (tertiary alicyclic amines) is 3. The van der Waals surface area contributed by atoms with Crippen molar-refractivity contribution >= 4 is 17.7 Å². The Labute approximate surface area is 185 Å². The van der Waals surface area contributed by atoms with Gasteiger partial charge in [0.1, 0.15) is 0 Å². The molecular formula is C25H35N3O3. The maximum atomic E-state index is 13.7. The van der Waals surface area contributed by atoms with Gasteiger partial charge in [-0.3, -0.25) is 14.4 Å². The molecule has 1 aromatic rings. The van der Waals surface area contributed by atoms with Gasteiger partial charge in [-0.2, -0.15) is 0 Å². The number of carbonyl (C=O) groups excluding carboxylic acids is 3. The van der Waals surface area contributed by atoms with Gasteiger partial charge in [-0.1, -0.05) is 43.7 Å². The van der Waals surface area contributed by atoms with Crippen molar-refractivity contribution in [2.24, 2.45) is 11.3 Å². The standard InChI is InChI=1S/C25H35N3O3/c1-25(13-5-6-14-28(24(25)31)18-20-8-3-2-4-9-20)21-11-16-26(17-12-21)23(30)19-27-15-7-10-22(27)29/h2-4,8-9,21H,5-7,10-19H2,1H3. The quantitative estimate of drug-likeness (QED) is 0.728. The molecule has 3 saturated heterocycles. The molecule has 6 nitrogen and oxygen atoms in total. The zero-order valence-corrected chi connectivity index (χ0v) is 18.7. The van der Waals surface area contributed by atoms with E-state index in [4.69, 9.17) is 0 Å². The highest BCUT2D eigenvalue weighted by atomic mass is 16.2. The van der Waals surface area contributed by atoms with E-state index in [0.717, 1.165) is 45.1 Å². The highest BCUT2D eigenvalue weighted by Gasteiger charge is 2.45. The first kappa shape index (κ1) is 21.8. The fourth-order valence-corrected chi connectivity index (χ4v) is 5.60. The first-order valence-electron chi connectivity index (χ1n) is 11.9. The molecule has 1 atom stereocenters. The van der Waals surface area contributed by atoms with Crippen LogP contribution in [0.4, 0.5) is 0 Å². The summed E-state index contributed by atoms with van der Waals surface area (Å²) in [7, 11) is 0. The van der Waals surface area contributed by atoms with Gasteiger partial charge in [0, 0.05) is 44.6 Å². The summed E-state index contributed by atoms with van der Waals surface area (Å²) in [4.78, 5) is 43.8. The van der Waals surface area contributed by atoms with Crippen LogP contribution < -0.4 is 0 Å². The van der Waals surface area contributed by atoms with Crippen molar-refractivity contribution in [3.63, 3.8) is 0 Å². The lowest BCUT2D eigenvalue weighted by atomic mass is 9.69. The summed E-state index contributed by atoms with van der Waals surface area (Å²) >= 11 is 0. The number of benzene rings is 1. The van der Waals surface area contributed by atoms with E-state index in [1.54, 1.807) is 4.90 Å². The van der Waals surface area contributed by atoms with Crippen molar-refractivity contribution in [3.8, 4) is 0 Å². The van der Waals surface area contributed by atoms with Crippen LogP contribution in [0.1, 0.15) is 57.4 Å². The first-order valence-corrected chi connectivity index (χ1v) is 11.9. The van der Waals surface area contributed by atoms with Crippen molar-refractivity contribution in [1.29, 1.82) is 0 Å². The van der Waals surface area contributed by atoms with Crippen molar-refractivity contribution in [2.75, 3.05) is 32.7 Å². The maximum absolute atomic E-state index is 13.7. The molecule has 3 aliphatic heterocycles. The second-order valence-corrected chi connectivity index (χ2v) is 9.66. The molecule has 0 saturated carbocycles. The molecule has 6 heteroatoms. The molecule has 3 aliphatic rings. The molecule has 0 aromatic heterocycles. The molecule has 4 rings (SSSR count). The summed E-state index contributed by atoms with van der Waals surface area (Å²) < 4.78 is 0. The summed E-state index contributed by atoms with van der Waals surface area (Å²) in [6.45, 7) is 5.94. The number of carbonyl (C=O) groups is 3. The monoisotopic (exact) mass is 425 g/mol. The summed E-state index contributed by atoms with van der Waals surface area (Å²) in [5.74, 6) is 0.727. The van der Waals surface area contributed by atoms with Crippen molar-refractivity contribution in [2.45, 2.75) is 58.4 Å². The Balaban J connectivity index is 1.37. The van der Waals surface area contributed by atoms with Gasteiger partial charge in [-0.25, -0.2) is 0 Å². The summed E-state index contributed by atoms with van der Waals surface area (Å²) in [6.07, 6.45) is 6.20. The summed E-state index contributed by atoms with van der Waals surface area (Å²) in [6, 6.07) is 10.2. The van der Waals surface area contributed by atoms with E-state index >= 15 is 0 Å². The minimum absolute atomic E-state index is 0.0525. The van der Waals surface area contributed by atoms with Crippen LogP contribution in [0, 0.1) is 11.3 Å². The number of hydrogen-bond donors (Lipinski definition) is 0. The highest BCUT2D eigenvalue weighted by molar-refractivity contribution is 5.86. The molecule has 168 valence electrons. The van der Waals surface area contributed by atoms with Crippen LogP contribution in [0.2, 0.25) is 0 Å². The zero-order chi connectivity index (χ0) is 21.8. The van der Waals surface area contributed by atoms with Gasteiger partial charge in [-0.15, -0.1) is 0 Å². The van der Waals surface area contributed by atoms with Gasteiger partial charge >= 0.3 is 0 Å². The molecule has 0 N–H and O–H groups in total. The average molecular weight is 426 g/mol. The number of hydrogen-bond acceptors (Lipinski definition) is 3. The molecule has 31 heavy (non-hydrogen) atoms. The number of nitrogens with zero attached hydrogens (tertiary/aromatic N) is 3. The molecule has 0 bridgehead atoms. The Morgan fingerprint density at radius 3 is 2.35 bits per heavy atom. The van der Waals surface area contributed by atoms with Crippen molar-refractivity contribution in [3.05, 3.63) is 35.9 Å². The van der Waals surface area contributed by atoms with Gasteiger partial charge in [0.2, 0.25) is 17.7 Å². The van der Waals surface area contributed by atoms with E-state index in [0.29, 0.717) is 38.5 Å². The summed E-state index contributed by atoms with van der Waals surface area (Å²) in [5, 5.41) is 0. The van der Waals surface area contributed by atoms with Crippen LogP contribution in [-0.2, 0) is 20.9 Å². The van der Waals surface area contributed by atoms with Crippen LogP contribution in [0.5, 0.6) is 0 Å². The van der Waals surface area contributed by atoms with E-state index in [1.165, 1.54) is 5.56 Å². The predicted molar refractivity (Wildman–Crippen MR) is 119 cm³/mol. The van der Waals surface area contributed by atoms with Gasteiger partial charge < -0.3 is 14.7 Å². The van der Waals surface area contributed by atoms with Crippen LogP contribution in [0.3, 0.4) is 0 Å². The lowest BCUT2D eigenvalue weighted by molar-refractivity contribution is -0.147. The lowest BCUT2D eigenvalue weighted by Crippen LogP contribution is -2.50. The maximum Gasteiger partial charge on any atom is 0.242 e. The van der Waals surface area contributed by atoms with Gasteiger partial charge in [-0.05, 0) is 43.6 Å². The number of piperidine rings is 1. The normalized spacial score (nSPS) is 25.8. The third-order valence-electron chi connectivity index (χ3n) is 7.61. The smallest absolute Gasteiger partial charge is 0.242 e. The molecule has 0 radical (unpaired) electrons. The van der Waals surface area contributed by atoms with Crippen LogP contribution in [-0.4, -0.2) is 65.1 Å². The number of rotatable bonds is 5. The van der Waals surface area contributed by atoms with Crippen LogP contribution >= 0.6 is 0 Å². The fraction of sp³-hybridized carbons (Fsp3) is 0.640. The van der Waals surface area contributed by atoms with Crippen molar-refractivity contribution in [1.82, 2.24) is 14.7 Å². The second-order valence-electron chi connectivity index (χ2n) is 9.66. The number of amides is 3. The van der Waals surface area contributed by atoms with Crippen LogP contribution in [0.25, 0.3) is 0 Å². The highest BCUT2D eigenvalue weighted by Crippen LogP contribution is 2.43. The molecule has 1 unspecified atom stereocenters. The van der Waals surface area contributed by atoms with E-state index in [2.05, 4.69) is 24.0 Å². The first-order chi connectivity index (χ1) is 15.0. The molecule has 0 spiro atoms. The minimum Gasteiger partial charge on any atom is -0.341 e. The Hall–Kier alpha value is -2.37. The SMILES string of the molecule is CC1(C2CCN(C(=O)CN3CCCC3=O)CC2)CCCCN(Cc2ccccc2)C1=O. The lowest BCUT2D eigenvalue weighted by Gasteiger charge is -2.43. The predicted octanol–water partition coefficient (Wildman–Crippen LogP) is 3.07. The molecule has 3 fully saturated rings. The van der Waals surface area contributed by atoms with Gasteiger partial charge in [0.15, 0.2) is 0 Å². The molecule has 3 heterocycles. The fourth-order valence-electron chi connectivity index (χ4n) is 5.60. The zero-order valence-electron chi connectivity index (χ0n) is 18.7. The van der Waals surface area contributed by atoms with Crippen molar-refractivity contribution < 1.29 is 14.4 Å². The third-order valence-corrected chi connectivity index (χ3v) is 7.61. The van der Waals surface area contributed by atoms with Gasteiger partial charge in [0.25, 0.3) is 0 Å². The van der Waals surface area contributed by atoms with E-state index in [-0.39, 0.29) is 29.7 Å². The van der Waals surface area contributed by atoms with E-state index in [1.807, 2.05) is 23.1 Å². The minimum atomic E-state index is -0.356. The topological polar surface area (TPSA) is 60.9 Å². The Kier molecular flexibility index (Phi) is 6.63. The third kappa shape index (κ3) is 4.78. The summed E-state index contributed by atoms with van der Waals surface area (Å²) in [5.41, 5.74) is 0.822. The molecule has 3 amide bonds. The second kappa shape index (κ2) is 9.41. The Morgan fingerprint density at radius 2 is 1.68 bits per heavy atom. The van der Waals surface area contributed by atoms with Gasteiger partial charge in [0.05, 0.1) is 6.54 Å². The van der Waals surface area contributed by atoms with E-state index < -0.39 is 0 Å². The average Bonchev–Trinajstić information content (AvgIpc) is 3.13. The molecular weight excluding hydrogens is 390 g/mol. The molecule has 0 aliphatic carbocycles. The molecule has 1 aromatic carbocycles. The Bertz CT molecular complexity index is 803.